The molecule has 0 unspecified atom stereocenters. The molecule has 2 aliphatic rings. The van der Waals surface area contributed by atoms with Crippen LogP contribution in [0.2, 0.25) is 0 Å². The van der Waals surface area contributed by atoms with E-state index in [0.717, 1.165) is 49.4 Å². The molecule has 0 radical (unpaired) electrons. The van der Waals surface area contributed by atoms with Crippen molar-refractivity contribution < 1.29 is 9.47 Å². The average molecular weight is 354 g/mol. The van der Waals surface area contributed by atoms with Gasteiger partial charge in [0.05, 0.1) is 19.2 Å². The molecule has 0 atom stereocenters. The molecule has 0 bridgehead atoms. The van der Waals surface area contributed by atoms with Gasteiger partial charge in [0.2, 0.25) is 0 Å². The van der Waals surface area contributed by atoms with E-state index in [1.165, 1.54) is 61.0 Å². The van der Waals surface area contributed by atoms with Crippen LogP contribution in [-0.4, -0.2) is 43.2 Å². The fourth-order valence-corrected chi connectivity index (χ4v) is 4.48. The molecule has 1 aromatic heterocycles. The number of methoxy groups -OCH3 is 1. The van der Waals surface area contributed by atoms with Gasteiger partial charge in [-0.2, -0.15) is 0 Å². The van der Waals surface area contributed by atoms with Crippen LogP contribution in [0, 0.1) is 6.92 Å². The second-order valence-corrected chi connectivity index (χ2v) is 7.63. The standard InChI is InChI=1S/C22H30N2O2/c1-16-17-8-3-4-9-18(17)19-14-21(25-2)22(15-20(19)23-16)26-13-7-12-24-10-5-6-11-24/h14-15H,3-13H2,1-2H3. The Morgan fingerprint density at radius 3 is 2.54 bits per heavy atom. The van der Waals surface area contributed by atoms with Gasteiger partial charge in [-0.15, -0.1) is 0 Å². The molecule has 140 valence electrons. The molecule has 2 heterocycles. The number of fused-ring (bicyclic) bond motifs is 3. The molecule has 4 rings (SSSR count). The SMILES string of the molecule is COc1cc2c3c(c(C)nc2cc1OCCCN1CCCC1)CCCC3. The molecule has 0 amide bonds. The Balaban J connectivity index is 1.54. The normalized spacial score (nSPS) is 17.5. The maximum Gasteiger partial charge on any atom is 0.163 e. The summed E-state index contributed by atoms with van der Waals surface area (Å²) in [6.45, 7) is 6.48. The van der Waals surface area contributed by atoms with E-state index in [9.17, 15) is 0 Å². The largest absolute Gasteiger partial charge is 0.493 e. The second kappa shape index (κ2) is 7.83. The topological polar surface area (TPSA) is 34.6 Å². The number of pyridine rings is 1. The van der Waals surface area contributed by atoms with E-state index in [0.29, 0.717) is 0 Å². The predicted molar refractivity (Wildman–Crippen MR) is 105 cm³/mol. The van der Waals surface area contributed by atoms with Crippen LogP contribution in [0.25, 0.3) is 10.9 Å². The number of ether oxygens (including phenoxy) is 2. The van der Waals surface area contributed by atoms with Crippen molar-refractivity contribution in [3.05, 3.63) is 29.0 Å². The third-order valence-corrected chi connectivity index (χ3v) is 5.87. The molecular weight excluding hydrogens is 324 g/mol. The number of rotatable bonds is 6. The Kier molecular flexibility index (Phi) is 5.30. The lowest BCUT2D eigenvalue weighted by molar-refractivity contribution is 0.254. The predicted octanol–water partition coefficient (Wildman–Crippen LogP) is 4.30. The lowest BCUT2D eigenvalue weighted by Crippen LogP contribution is -2.21. The van der Waals surface area contributed by atoms with Crippen molar-refractivity contribution in [2.24, 2.45) is 0 Å². The highest BCUT2D eigenvalue weighted by Crippen LogP contribution is 2.37. The zero-order valence-electron chi connectivity index (χ0n) is 16.1. The van der Waals surface area contributed by atoms with Crippen LogP contribution < -0.4 is 9.47 Å². The van der Waals surface area contributed by atoms with Crippen LogP contribution in [0.4, 0.5) is 0 Å². The highest BCUT2D eigenvalue weighted by atomic mass is 16.5. The third-order valence-electron chi connectivity index (χ3n) is 5.87. The van der Waals surface area contributed by atoms with Crippen LogP contribution in [-0.2, 0) is 12.8 Å². The smallest absolute Gasteiger partial charge is 0.163 e. The Morgan fingerprint density at radius 2 is 1.77 bits per heavy atom. The van der Waals surface area contributed by atoms with Gasteiger partial charge in [0.1, 0.15) is 0 Å². The molecule has 1 aliphatic carbocycles. The summed E-state index contributed by atoms with van der Waals surface area (Å²) in [6.07, 6.45) is 8.58. The van der Waals surface area contributed by atoms with E-state index in [2.05, 4.69) is 24.0 Å². The average Bonchev–Trinajstić information content (AvgIpc) is 3.18. The van der Waals surface area contributed by atoms with Gasteiger partial charge in [-0.1, -0.05) is 0 Å². The van der Waals surface area contributed by atoms with E-state index < -0.39 is 0 Å². The number of aryl methyl sites for hydroxylation is 2. The van der Waals surface area contributed by atoms with Crippen molar-refractivity contribution >= 4 is 10.9 Å². The van der Waals surface area contributed by atoms with Crippen molar-refractivity contribution in [1.82, 2.24) is 9.88 Å². The Labute approximate surface area is 156 Å². The summed E-state index contributed by atoms with van der Waals surface area (Å²) in [5, 5.41) is 1.24. The van der Waals surface area contributed by atoms with Crippen molar-refractivity contribution in [1.29, 1.82) is 0 Å². The van der Waals surface area contributed by atoms with Gasteiger partial charge in [0, 0.05) is 23.7 Å². The number of hydrogen-bond donors (Lipinski definition) is 0. The third kappa shape index (κ3) is 3.52. The monoisotopic (exact) mass is 354 g/mol. The summed E-state index contributed by atoms with van der Waals surface area (Å²) in [4.78, 5) is 7.40. The van der Waals surface area contributed by atoms with E-state index in [1.807, 2.05) is 0 Å². The number of nitrogens with zero attached hydrogens (tertiary/aromatic N) is 2. The second-order valence-electron chi connectivity index (χ2n) is 7.63. The molecule has 1 aliphatic heterocycles. The molecule has 1 fully saturated rings. The number of hydrogen-bond acceptors (Lipinski definition) is 4. The number of benzene rings is 1. The van der Waals surface area contributed by atoms with Crippen molar-refractivity contribution in [2.45, 2.75) is 51.9 Å². The minimum absolute atomic E-state index is 0.724. The van der Waals surface area contributed by atoms with Gasteiger partial charge >= 0.3 is 0 Å². The summed E-state index contributed by atoms with van der Waals surface area (Å²) < 4.78 is 11.7. The van der Waals surface area contributed by atoms with Gasteiger partial charge in [-0.3, -0.25) is 4.98 Å². The Hall–Kier alpha value is -1.81. The van der Waals surface area contributed by atoms with Gasteiger partial charge in [-0.05, 0) is 82.2 Å². The van der Waals surface area contributed by atoms with E-state index in [-0.39, 0.29) is 0 Å². The summed E-state index contributed by atoms with van der Waals surface area (Å²) in [5.41, 5.74) is 5.14. The summed E-state index contributed by atoms with van der Waals surface area (Å²) in [6, 6.07) is 4.22. The molecule has 4 nitrogen and oxygen atoms in total. The molecule has 26 heavy (non-hydrogen) atoms. The highest BCUT2D eigenvalue weighted by molar-refractivity contribution is 5.87. The highest BCUT2D eigenvalue weighted by Gasteiger charge is 2.19. The fourth-order valence-electron chi connectivity index (χ4n) is 4.48. The minimum Gasteiger partial charge on any atom is -0.493 e. The molecule has 0 saturated carbocycles. The summed E-state index contributed by atoms with van der Waals surface area (Å²) >= 11 is 0. The quantitative estimate of drug-likeness (QED) is 0.725. The summed E-state index contributed by atoms with van der Waals surface area (Å²) in [5.74, 6) is 1.65. The zero-order valence-corrected chi connectivity index (χ0v) is 16.1. The van der Waals surface area contributed by atoms with Gasteiger partial charge < -0.3 is 14.4 Å². The maximum absolute atomic E-state index is 6.09. The Morgan fingerprint density at radius 1 is 1.00 bits per heavy atom. The van der Waals surface area contributed by atoms with Crippen LogP contribution in [0.5, 0.6) is 11.5 Å². The zero-order chi connectivity index (χ0) is 17.9. The van der Waals surface area contributed by atoms with Gasteiger partial charge in [-0.25, -0.2) is 0 Å². The first kappa shape index (κ1) is 17.6. The fraction of sp³-hybridized carbons (Fsp3) is 0.591. The minimum atomic E-state index is 0.724. The van der Waals surface area contributed by atoms with E-state index in [4.69, 9.17) is 14.5 Å². The lowest BCUT2D eigenvalue weighted by atomic mass is 9.88. The first-order chi connectivity index (χ1) is 12.8. The van der Waals surface area contributed by atoms with Gasteiger partial charge in [0.15, 0.2) is 11.5 Å². The molecule has 0 N–H and O–H groups in total. The van der Waals surface area contributed by atoms with Gasteiger partial charge in [0.25, 0.3) is 0 Å². The molecule has 0 spiro atoms. The van der Waals surface area contributed by atoms with E-state index in [1.54, 1.807) is 7.11 Å². The first-order valence-electron chi connectivity index (χ1n) is 10.1. The van der Waals surface area contributed by atoms with E-state index >= 15 is 0 Å². The molecule has 2 aromatic rings. The Bertz CT molecular complexity index is 782. The van der Waals surface area contributed by atoms with Crippen molar-refractivity contribution in [3.8, 4) is 11.5 Å². The number of aromatic nitrogens is 1. The maximum atomic E-state index is 6.09. The van der Waals surface area contributed by atoms with Crippen LogP contribution >= 0.6 is 0 Å². The van der Waals surface area contributed by atoms with Crippen molar-refractivity contribution in [3.63, 3.8) is 0 Å². The van der Waals surface area contributed by atoms with Crippen molar-refractivity contribution in [2.75, 3.05) is 33.4 Å². The lowest BCUT2D eigenvalue weighted by Gasteiger charge is -2.21. The van der Waals surface area contributed by atoms with Crippen LogP contribution in [0.15, 0.2) is 12.1 Å². The van der Waals surface area contributed by atoms with Crippen LogP contribution in [0.1, 0.15) is 48.9 Å². The molecular formula is C22H30N2O2. The van der Waals surface area contributed by atoms with Crippen LogP contribution in [0.3, 0.4) is 0 Å². The molecule has 1 saturated heterocycles. The summed E-state index contributed by atoms with van der Waals surface area (Å²) in [7, 11) is 1.73. The first-order valence-corrected chi connectivity index (χ1v) is 10.1. The molecule has 1 aromatic carbocycles. The molecule has 4 heteroatoms. The number of likely N-dealkylation sites (tertiary alicyclic amines) is 1.